The number of β-amino-alcohol motifs (C(OH)–C–C–N with tert-alkyl or cyclic N) is 1. The molecule has 3 rings (SSSR count). The van der Waals surface area contributed by atoms with Crippen LogP contribution in [0.2, 0.25) is 10.0 Å². The van der Waals surface area contributed by atoms with E-state index in [-0.39, 0.29) is 30.1 Å². The van der Waals surface area contributed by atoms with Gasteiger partial charge in [0.15, 0.2) is 0 Å². The Bertz CT molecular complexity index is 820. The van der Waals surface area contributed by atoms with Crippen LogP contribution in [-0.4, -0.2) is 49.0 Å². The van der Waals surface area contributed by atoms with Gasteiger partial charge in [0.2, 0.25) is 0 Å². The van der Waals surface area contributed by atoms with Crippen LogP contribution in [0, 0.1) is 5.82 Å². The maximum Gasteiger partial charge on any atom is 0.142 e. The third kappa shape index (κ3) is 6.71. The second-order valence-corrected chi connectivity index (χ2v) is 8.41. The molecule has 0 bridgehead atoms. The van der Waals surface area contributed by atoms with Crippen LogP contribution in [0.5, 0.6) is 5.75 Å². The molecule has 2 unspecified atom stereocenters. The standard InChI is InChI=1S/C22H26Cl2FNO3.ClH/c1-14(2)15-3-5-17(6-4-15)29-13-16(27)11-26-7-8-28-22(12-26)18-9-21(25)20(24)10-19(18)23;/h3-6,9-10,14,16,22,27H,7-8,11-13H2,1-2H3;1H. The summed E-state index contributed by atoms with van der Waals surface area (Å²) in [6.45, 7) is 6.54. The van der Waals surface area contributed by atoms with Gasteiger partial charge in [-0.1, -0.05) is 49.2 Å². The molecule has 0 aromatic heterocycles. The zero-order valence-electron chi connectivity index (χ0n) is 17.0. The van der Waals surface area contributed by atoms with Crippen LogP contribution in [0.1, 0.15) is 37.0 Å². The highest BCUT2D eigenvalue weighted by molar-refractivity contribution is 6.35. The normalized spacial score (nSPS) is 18.2. The van der Waals surface area contributed by atoms with Crippen LogP contribution < -0.4 is 4.74 Å². The molecule has 1 heterocycles. The molecule has 1 N–H and O–H groups in total. The van der Waals surface area contributed by atoms with E-state index in [1.165, 1.54) is 17.7 Å². The van der Waals surface area contributed by atoms with E-state index in [1.54, 1.807) is 0 Å². The number of aliphatic hydroxyl groups is 1. The lowest BCUT2D eigenvalue weighted by atomic mass is 10.0. The van der Waals surface area contributed by atoms with Crippen molar-refractivity contribution in [2.45, 2.75) is 32.0 Å². The summed E-state index contributed by atoms with van der Waals surface area (Å²) in [5, 5.41) is 10.7. The Balaban J connectivity index is 0.00000320. The van der Waals surface area contributed by atoms with E-state index in [0.717, 1.165) is 5.75 Å². The van der Waals surface area contributed by atoms with Gasteiger partial charge in [0.25, 0.3) is 0 Å². The van der Waals surface area contributed by atoms with Gasteiger partial charge < -0.3 is 14.6 Å². The van der Waals surface area contributed by atoms with Crippen LogP contribution in [0.4, 0.5) is 4.39 Å². The summed E-state index contributed by atoms with van der Waals surface area (Å²) in [4.78, 5) is 2.06. The first-order valence-corrected chi connectivity index (χ1v) is 10.5. The van der Waals surface area contributed by atoms with Crippen LogP contribution in [0.15, 0.2) is 36.4 Å². The lowest BCUT2D eigenvalue weighted by Gasteiger charge is -2.34. The minimum atomic E-state index is -0.657. The molecule has 8 heteroatoms. The van der Waals surface area contributed by atoms with Crippen LogP contribution >= 0.6 is 35.6 Å². The molecule has 0 radical (unpaired) electrons. The van der Waals surface area contributed by atoms with Crippen molar-refractivity contribution in [2.24, 2.45) is 0 Å². The zero-order valence-corrected chi connectivity index (χ0v) is 19.3. The molecule has 1 fully saturated rings. The maximum absolute atomic E-state index is 13.8. The number of aliphatic hydroxyl groups excluding tert-OH is 1. The molecule has 1 saturated heterocycles. The highest BCUT2D eigenvalue weighted by atomic mass is 35.5. The van der Waals surface area contributed by atoms with Crippen molar-refractivity contribution < 1.29 is 19.0 Å². The average Bonchev–Trinajstić information content (AvgIpc) is 2.69. The average molecular weight is 479 g/mol. The molecule has 2 aromatic rings. The monoisotopic (exact) mass is 477 g/mol. The molecule has 0 saturated carbocycles. The number of hydrogen-bond acceptors (Lipinski definition) is 4. The van der Waals surface area contributed by atoms with Gasteiger partial charge in [-0.15, -0.1) is 12.4 Å². The molecule has 0 spiro atoms. The topological polar surface area (TPSA) is 41.9 Å². The van der Waals surface area contributed by atoms with E-state index in [0.29, 0.717) is 42.7 Å². The highest BCUT2D eigenvalue weighted by Gasteiger charge is 2.26. The fourth-order valence-electron chi connectivity index (χ4n) is 3.33. The number of hydrogen-bond donors (Lipinski definition) is 1. The Morgan fingerprint density at radius 1 is 1.20 bits per heavy atom. The van der Waals surface area contributed by atoms with Gasteiger partial charge >= 0.3 is 0 Å². The molecular formula is C22H27Cl3FNO3. The van der Waals surface area contributed by atoms with E-state index in [4.69, 9.17) is 32.7 Å². The zero-order chi connectivity index (χ0) is 21.0. The molecule has 4 nitrogen and oxygen atoms in total. The molecule has 1 aliphatic rings. The highest BCUT2D eigenvalue weighted by Crippen LogP contribution is 2.32. The quantitative estimate of drug-likeness (QED) is 0.534. The smallest absolute Gasteiger partial charge is 0.142 e. The summed E-state index contributed by atoms with van der Waals surface area (Å²) in [5.41, 5.74) is 1.81. The predicted molar refractivity (Wildman–Crippen MR) is 121 cm³/mol. The number of ether oxygens (including phenoxy) is 2. The Hall–Kier alpha value is -1.08. The van der Waals surface area contributed by atoms with Gasteiger partial charge in [-0.3, -0.25) is 4.90 Å². The molecule has 2 aromatic carbocycles. The maximum atomic E-state index is 13.8. The predicted octanol–water partition coefficient (Wildman–Crippen LogP) is 5.49. The summed E-state index contributed by atoms with van der Waals surface area (Å²) in [6.07, 6.45) is -1.03. The van der Waals surface area contributed by atoms with Crippen molar-refractivity contribution in [1.82, 2.24) is 4.90 Å². The Morgan fingerprint density at radius 3 is 2.57 bits per heavy atom. The number of halogens is 4. The second-order valence-electron chi connectivity index (χ2n) is 7.60. The number of nitrogens with zero attached hydrogens (tertiary/aromatic N) is 1. The van der Waals surface area contributed by atoms with E-state index < -0.39 is 11.9 Å². The molecular weight excluding hydrogens is 452 g/mol. The van der Waals surface area contributed by atoms with Crippen LogP contribution in [-0.2, 0) is 4.74 Å². The van der Waals surface area contributed by atoms with Gasteiger partial charge in [-0.25, -0.2) is 4.39 Å². The Labute approximate surface area is 193 Å². The number of morpholine rings is 1. The van der Waals surface area contributed by atoms with E-state index in [1.807, 2.05) is 24.3 Å². The molecule has 0 amide bonds. The van der Waals surface area contributed by atoms with Gasteiger partial charge in [0, 0.05) is 30.2 Å². The Kier molecular flexibility index (Phi) is 9.67. The second kappa shape index (κ2) is 11.5. The third-order valence-electron chi connectivity index (χ3n) is 5.00. The minimum Gasteiger partial charge on any atom is -0.491 e. The molecule has 166 valence electrons. The van der Waals surface area contributed by atoms with Crippen molar-refractivity contribution in [2.75, 3.05) is 32.8 Å². The molecule has 1 aliphatic heterocycles. The summed E-state index contributed by atoms with van der Waals surface area (Å²) in [6, 6.07) is 10.6. The van der Waals surface area contributed by atoms with E-state index in [2.05, 4.69) is 18.7 Å². The summed E-state index contributed by atoms with van der Waals surface area (Å²) in [5.74, 6) is 0.673. The summed E-state index contributed by atoms with van der Waals surface area (Å²) in [7, 11) is 0. The largest absolute Gasteiger partial charge is 0.491 e. The first kappa shape index (κ1) is 25.2. The van der Waals surface area contributed by atoms with Crippen molar-refractivity contribution in [3.8, 4) is 5.75 Å². The number of benzene rings is 2. The van der Waals surface area contributed by atoms with Crippen LogP contribution in [0.25, 0.3) is 0 Å². The van der Waals surface area contributed by atoms with Crippen molar-refractivity contribution in [3.63, 3.8) is 0 Å². The van der Waals surface area contributed by atoms with E-state index >= 15 is 0 Å². The molecule has 0 aliphatic carbocycles. The third-order valence-corrected chi connectivity index (χ3v) is 5.61. The lowest BCUT2D eigenvalue weighted by Crippen LogP contribution is -2.43. The van der Waals surface area contributed by atoms with Crippen molar-refractivity contribution in [1.29, 1.82) is 0 Å². The first-order chi connectivity index (χ1) is 13.8. The van der Waals surface area contributed by atoms with Crippen LogP contribution in [0.3, 0.4) is 0 Å². The molecule has 2 atom stereocenters. The minimum absolute atomic E-state index is 0. The first-order valence-electron chi connectivity index (χ1n) is 9.72. The van der Waals surface area contributed by atoms with Gasteiger partial charge in [-0.2, -0.15) is 0 Å². The van der Waals surface area contributed by atoms with E-state index in [9.17, 15) is 9.50 Å². The summed E-state index contributed by atoms with van der Waals surface area (Å²) >= 11 is 12.0. The molecule has 30 heavy (non-hydrogen) atoms. The Morgan fingerprint density at radius 2 is 1.90 bits per heavy atom. The lowest BCUT2D eigenvalue weighted by molar-refractivity contribution is -0.0460. The number of rotatable bonds is 7. The van der Waals surface area contributed by atoms with Gasteiger partial charge in [0.05, 0.1) is 17.7 Å². The van der Waals surface area contributed by atoms with Gasteiger partial charge in [0.1, 0.15) is 24.3 Å². The fraction of sp³-hybridized carbons (Fsp3) is 0.455. The van der Waals surface area contributed by atoms with Crippen molar-refractivity contribution >= 4 is 35.6 Å². The van der Waals surface area contributed by atoms with Crippen molar-refractivity contribution in [3.05, 3.63) is 63.4 Å². The summed E-state index contributed by atoms with van der Waals surface area (Å²) < 4.78 is 25.3. The van der Waals surface area contributed by atoms with Gasteiger partial charge in [-0.05, 0) is 35.7 Å². The SMILES string of the molecule is CC(C)c1ccc(OCC(O)CN2CCOC(c3cc(F)c(Cl)cc3Cl)C2)cc1.Cl. The fourth-order valence-corrected chi connectivity index (χ4v) is 3.84.